The third kappa shape index (κ3) is 3.07. The summed E-state index contributed by atoms with van der Waals surface area (Å²) in [6.45, 7) is 2.23. The van der Waals surface area contributed by atoms with Crippen molar-refractivity contribution in [3.8, 4) is 5.75 Å². The first-order valence-corrected chi connectivity index (χ1v) is 7.13. The van der Waals surface area contributed by atoms with Crippen LogP contribution in [0, 0.1) is 5.92 Å². The van der Waals surface area contributed by atoms with Gasteiger partial charge in [-0.3, -0.25) is 0 Å². The van der Waals surface area contributed by atoms with Gasteiger partial charge < -0.3 is 10.1 Å². The van der Waals surface area contributed by atoms with Gasteiger partial charge in [0.1, 0.15) is 5.75 Å². The van der Waals surface area contributed by atoms with Crippen molar-refractivity contribution in [3.05, 3.63) is 42.0 Å². The third-order valence-electron chi connectivity index (χ3n) is 3.86. The molecule has 1 fully saturated rings. The SMILES string of the molecule is COc1cc(CCNCC2CC2)c2ccccc2c1. The van der Waals surface area contributed by atoms with Crippen molar-refractivity contribution >= 4 is 10.8 Å². The second-order valence-electron chi connectivity index (χ2n) is 5.41. The highest BCUT2D eigenvalue weighted by atomic mass is 16.5. The van der Waals surface area contributed by atoms with E-state index in [0.29, 0.717) is 0 Å². The summed E-state index contributed by atoms with van der Waals surface area (Å²) in [4.78, 5) is 0. The first-order chi connectivity index (χ1) is 9.36. The van der Waals surface area contributed by atoms with E-state index in [0.717, 1.165) is 24.6 Å². The van der Waals surface area contributed by atoms with E-state index in [9.17, 15) is 0 Å². The van der Waals surface area contributed by atoms with E-state index in [2.05, 4.69) is 41.7 Å². The largest absolute Gasteiger partial charge is 0.497 e. The van der Waals surface area contributed by atoms with Gasteiger partial charge in [-0.25, -0.2) is 0 Å². The van der Waals surface area contributed by atoms with Gasteiger partial charge >= 0.3 is 0 Å². The lowest BCUT2D eigenvalue weighted by Crippen LogP contribution is -2.19. The smallest absolute Gasteiger partial charge is 0.119 e. The Labute approximate surface area is 114 Å². The number of methoxy groups -OCH3 is 1. The molecule has 0 aliphatic heterocycles. The number of nitrogens with one attached hydrogen (secondary N) is 1. The number of rotatable bonds is 6. The summed E-state index contributed by atoms with van der Waals surface area (Å²) in [5.74, 6) is 1.90. The van der Waals surface area contributed by atoms with Crippen LogP contribution in [0.2, 0.25) is 0 Å². The van der Waals surface area contributed by atoms with Gasteiger partial charge in [0.2, 0.25) is 0 Å². The Morgan fingerprint density at radius 3 is 2.84 bits per heavy atom. The van der Waals surface area contributed by atoms with E-state index < -0.39 is 0 Å². The zero-order valence-corrected chi connectivity index (χ0v) is 11.5. The monoisotopic (exact) mass is 255 g/mol. The minimum absolute atomic E-state index is 0.946. The molecule has 0 bridgehead atoms. The normalized spacial score (nSPS) is 14.8. The molecule has 19 heavy (non-hydrogen) atoms. The topological polar surface area (TPSA) is 21.3 Å². The van der Waals surface area contributed by atoms with E-state index in [1.54, 1.807) is 7.11 Å². The van der Waals surface area contributed by atoms with Gasteiger partial charge in [-0.1, -0.05) is 24.3 Å². The predicted octanol–water partition coefficient (Wildman–Crippen LogP) is 3.39. The van der Waals surface area contributed by atoms with Gasteiger partial charge in [-0.05, 0) is 66.7 Å². The Balaban J connectivity index is 1.75. The molecule has 1 aliphatic carbocycles. The molecule has 3 rings (SSSR count). The zero-order valence-electron chi connectivity index (χ0n) is 11.5. The molecule has 0 spiro atoms. The molecule has 2 aromatic carbocycles. The van der Waals surface area contributed by atoms with Crippen LogP contribution >= 0.6 is 0 Å². The lowest BCUT2D eigenvalue weighted by atomic mass is 10.0. The number of fused-ring (bicyclic) bond motifs is 1. The third-order valence-corrected chi connectivity index (χ3v) is 3.86. The molecular weight excluding hydrogens is 234 g/mol. The summed E-state index contributed by atoms with van der Waals surface area (Å²) in [5, 5.41) is 6.16. The van der Waals surface area contributed by atoms with Crippen LogP contribution in [-0.4, -0.2) is 20.2 Å². The number of ether oxygens (including phenoxy) is 1. The maximum atomic E-state index is 5.40. The quantitative estimate of drug-likeness (QED) is 0.799. The van der Waals surface area contributed by atoms with Crippen molar-refractivity contribution < 1.29 is 4.74 Å². The highest BCUT2D eigenvalue weighted by Crippen LogP contribution is 2.28. The molecule has 0 unspecified atom stereocenters. The highest BCUT2D eigenvalue weighted by Gasteiger charge is 2.20. The first-order valence-electron chi connectivity index (χ1n) is 7.13. The van der Waals surface area contributed by atoms with E-state index in [-0.39, 0.29) is 0 Å². The second-order valence-corrected chi connectivity index (χ2v) is 5.41. The van der Waals surface area contributed by atoms with Crippen LogP contribution in [0.3, 0.4) is 0 Å². The molecule has 0 heterocycles. The van der Waals surface area contributed by atoms with Crippen LogP contribution in [-0.2, 0) is 6.42 Å². The molecule has 2 heteroatoms. The summed E-state index contributed by atoms with van der Waals surface area (Å²) in [7, 11) is 1.74. The van der Waals surface area contributed by atoms with Crippen LogP contribution in [0.4, 0.5) is 0 Å². The van der Waals surface area contributed by atoms with Gasteiger partial charge in [0.15, 0.2) is 0 Å². The molecule has 100 valence electrons. The maximum Gasteiger partial charge on any atom is 0.119 e. The van der Waals surface area contributed by atoms with Gasteiger partial charge in [-0.2, -0.15) is 0 Å². The fraction of sp³-hybridized carbons (Fsp3) is 0.412. The standard InChI is InChI=1S/C17H21NO/c1-19-16-10-14-4-2-3-5-17(14)15(11-16)8-9-18-12-13-6-7-13/h2-5,10-11,13,18H,6-9,12H2,1H3. The van der Waals surface area contributed by atoms with Crippen LogP contribution in [0.15, 0.2) is 36.4 Å². The lowest BCUT2D eigenvalue weighted by molar-refractivity contribution is 0.415. The van der Waals surface area contributed by atoms with Gasteiger partial charge in [0.25, 0.3) is 0 Å². The lowest BCUT2D eigenvalue weighted by Gasteiger charge is -2.10. The summed E-state index contributed by atoms with van der Waals surface area (Å²) in [6, 6.07) is 12.8. The molecule has 0 atom stereocenters. The van der Waals surface area contributed by atoms with Crippen molar-refractivity contribution in [2.45, 2.75) is 19.3 Å². The molecule has 1 aliphatic rings. The number of hydrogen-bond donors (Lipinski definition) is 1. The van der Waals surface area contributed by atoms with Gasteiger partial charge in [-0.15, -0.1) is 0 Å². The molecule has 2 aromatic rings. The van der Waals surface area contributed by atoms with Crippen molar-refractivity contribution in [3.63, 3.8) is 0 Å². The fourth-order valence-electron chi connectivity index (χ4n) is 2.54. The highest BCUT2D eigenvalue weighted by molar-refractivity contribution is 5.87. The van der Waals surface area contributed by atoms with E-state index >= 15 is 0 Å². The summed E-state index contributed by atoms with van der Waals surface area (Å²) >= 11 is 0. The summed E-state index contributed by atoms with van der Waals surface area (Å²) in [5.41, 5.74) is 1.37. The molecule has 1 saturated carbocycles. The van der Waals surface area contributed by atoms with Gasteiger partial charge in [0, 0.05) is 0 Å². The fourth-order valence-corrected chi connectivity index (χ4v) is 2.54. The Hall–Kier alpha value is -1.54. The van der Waals surface area contributed by atoms with Crippen molar-refractivity contribution in [2.75, 3.05) is 20.2 Å². The van der Waals surface area contributed by atoms with E-state index in [4.69, 9.17) is 4.74 Å². The average Bonchev–Trinajstić information content (AvgIpc) is 3.27. The molecule has 2 nitrogen and oxygen atoms in total. The Kier molecular flexibility index (Phi) is 3.69. The zero-order chi connectivity index (χ0) is 13.1. The Morgan fingerprint density at radius 1 is 1.21 bits per heavy atom. The summed E-state index contributed by atoms with van der Waals surface area (Å²) in [6.07, 6.45) is 3.88. The van der Waals surface area contributed by atoms with Crippen LogP contribution < -0.4 is 10.1 Å². The van der Waals surface area contributed by atoms with Crippen LogP contribution in [0.1, 0.15) is 18.4 Å². The molecule has 1 N–H and O–H groups in total. The molecule has 0 saturated heterocycles. The van der Waals surface area contributed by atoms with E-state index in [1.165, 1.54) is 35.7 Å². The number of hydrogen-bond acceptors (Lipinski definition) is 2. The maximum absolute atomic E-state index is 5.40. The van der Waals surface area contributed by atoms with Crippen molar-refractivity contribution in [2.24, 2.45) is 5.92 Å². The summed E-state index contributed by atoms with van der Waals surface area (Å²) < 4.78 is 5.40. The Bertz CT molecular complexity index is 560. The Morgan fingerprint density at radius 2 is 2.05 bits per heavy atom. The van der Waals surface area contributed by atoms with Crippen molar-refractivity contribution in [1.29, 1.82) is 0 Å². The minimum Gasteiger partial charge on any atom is -0.497 e. The second kappa shape index (κ2) is 5.62. The molecule has 0 amide bonds. The van der Waals surface area contributed by atoms with Crippen LogP contribution in [0.25, 0.3) is 10.8 Å². The van der Waals surface area contributed by atoms with Gasteiger partial charge in [0.05, 0.1) is 7.11 Å². The van der Waals surface area contributed by atoms with Crippen molar-refractivity contribution in [1.82, 2.24) is 5.32 Å². The van der Waals surface area contributed by atoms with E-state index in [1.807, 2.05) is 0 Å². The molecule has 0 radical (unpaired) electrons. The predicted molar refractivity (Wildman–Crippen MR) is 79.8 cm³/mol. The number of benzene rings is 2. The molecular formula is C17H21NO. The average molecular weight is 255 g/mol. The minimum atomic E-state index is 0.946. The first kappa shape index (κ1) is 12.5. The van der Waals surface area contributed by atoms with Crippen LogP contribution in [0.5, 0.6) is 5.75 Å². The molecule has 0 aromatic heterocycles.